The molecule has 2 spiro atoms. The van der Waals surface area contributed by atoms with Gasteiger partial charge in [-0.15, -0.1) is 0 Å². The van der Waals surface area contributed by atoms with Crippen molar-refractivity contribution in [1.29, 1.82) is 0 Å². The Hall–Kier alpha value is -4.58. The summed E-state index contributed by atoms with van der Waals surface area (Å²) in [7, 11) is 0. The van der Waals surface area contributed by atoms with E-state index in [1.54, 1.807) is 43.7 Å². The molecule has 18 heteroatoms. The number of carboxylic acids is 1. The molecule has 0 unspecified atom stereocenters. The monoisotopic (exact) mass is 1180 g/mol. The number of carbonyl (C=O) groups is 2. The molecule has 0 radical (unpaired) electrons. The largest absolute Gasteiger partial charge is 1.00 e. The zero-order valence-electron chi connectivity index (χ0n) is 42.1. The number of carboxylic acid groups (broad SMARTS) is 1. The van der Waals surface area contributed by atoms with Crippen LogP contribution in [0.2, 0.25) is 10.0 Å². The summed E-state index contributed by atoms with van der Waals surface area (Å²) in [6.07, 6.45) is 5.16. The van der Waals surface area contributed by atoms with Gasteiger partial charge in [0.25, 0.3) is 0 Å². The standard InChI is InChI=1S/C28H23ClF2N2O2S.C18H14ClF2NO2S.C12H14BrN.Na/c1-16-26(36-22-8-4-5-17(23(22)30)27(34)35)18-9-10-20(29)24(31)25(18)33(16)14-13-32-15-28(11-12-28)19-6-2-3-7-21(19)32;1-3-24-18(23)10-5-4-6-13(14(10)20)25-17-9(2)22-16-11(17)7-8-12(19)15(16)21;13-7-8-14-9-12(5-6-12)10-3-1-2-4-11(10)14;/h2-10H,11-15H2,1H3,(H,34,35);4-8,22H,3H2,1-2H3;1-4H,5-9H2;/q;;;+1/p-1. The molecule has 2 aliphatic carbocycles. The van der Waals surface area contributed by atoms with Crippen molar-refractivity contribution >= 4 is 108 Å². The molecule has 2 aromatic heterocycles. The van der Waals surface area contributed by atoms with E-state index in [1.807, 2.05) is 17.6 Å². The summed E-state index contributed by atoms with van der Waals surface area (Å²) >= 11 is 17.7. The van der Waals surface area contributed by atoms with Crippen LogP contribution in [0.3, 0.4) is 0 Å². The first-order chi connectivity index (χ1) is 36.1. The number of esters is 1. The molecule has 12 rings (SSSR count). The average Bonchev–Trinajstić information content (AvgIpc) is 4.26. The molecule has 2 aliphatic heterocycles. The Morgan fingerprint density at radius 1 is 0.671 bits per heavy atom. The molecule has 6 aromatic carbocycles. The number of para-hydroxylation sites is 2. The van der Waals surface area contributed by atoms with Gasteiger partial charge in [0.2, 0.25) is 0 Å². The molecule has 2 saturated carbocycles. The molecular formula is C58H50BrCl2F4N4NaO4S2. The van der Waals surface area contributed by atoms with Crippen LogP contribution in [0, 0.1) is 37.1 Å². The van der Waals surface area contributed by atoms with Gasteiger partial charge in [0, 0.05) is 108 Å². The van der Waals surface area contributed by atoms with Crippen molar-refractivity contribution in [3.05, 3.63) is 176 Å². The van der Waals surface area contributed by atoms with Gasteiger partial charge in [-0.3, -0.25) is 0 Å². The molecule has 8 nitrogen and oxygen atoms in total. The summed E-state index contributed by atoms with van der Waals surface area (Å²) < 4.78 is 65.9. The number of aromatic carboxylic acids is 1. The van der Waals surface area contributed by atoms with Crippen LogP contribution in [0.15, 0.2) is 129 Å². The molecule has 0 bridgehead atoms. The maximum Gasteiger partial charge on any atom is 1.00 e. The number of anilines is 2. The van der Waals surface area contributed by atoms with Crippen LogP contribution in [0.25, 0.3) is 21.8 Å². The number of benzene rings is 6. The fraction of sp³-hybridized carbons (Fsp3) is 0.276. The third kappa shape index (κ3) is 10.7. The van der Waals surface area contributed by atoms with Crippen molar-refractivity contribution in [3.8, 4) is 0 Å². The summed E-state index contributed by atoms with van der Waals surface area (Å²) in [6, 6.07) is 32.5. The fourth-order valence-electron chi connectivity index (χ4n) is 10.6. The zero-order chi connectivity index (χ0) is 52.9. The first-order valence-electron chi connectivity index (χ1n) is 24.6. The number of hydrogen-bond donors (Lipinski definition) is 1. The van der Waals surface area contributed by atoms with Crippen LogP contribution >= 0.6 is 62.7 Å². The second-order valence-electron chi connectivity index (χ2n) is 19.3. The number of fused-ring (bicyclic) bond motifs is 6. The Morgan fingerprint density at radius 2 is 1.20 bits per heavy atom. The predicted molar refractivity (Wildman–Crippen MR) is 294 cm³/mol. The number of ether oxygens (including phenoxy) is 1. The van der Waals surface area contributed by atoms with Gasteiger partial charge >= 0.3 is 35.5 Å². The number of halogens is 7. The maximum atomic E-state index is 15.4. The Kier molecular flexibility index (Phi) is 17.0. The van der Waals surface area contributed by atoms with Gasteiger partial charge in [0.1, 0.15) is 5.82 Å². The fourth-order valence-corrected chi connectivity index (χ4v) is 13.5. The van der Waals surface area contributed by atoms with Crippen LogP contribution < -0.4 is 44.5 Å². The molecule has 4 aliphatic rings. The van der Waals surface area contributed by atoms with E-state index < -0.39 is 40.8 Å². The van der Waals surface area contributed by atoms with Crippen LogP contribution in [0.4, 0.5) is 28.9 Å². The average molecular weight is 1180 g/mol. The van der Waals surface area contributed by atoms with Gasteiger partial charge in [0.15, 0.2) is 17.5 Å². The van der Waals surface area contributed by atoms with Crippen molar-refractivity contribution in [1.82, 2.24) is 9.55 Å². The third-order valence-corrected chi connectivity index (χ3v) is 18.1. The molecular weight excluding hydrogens is 1130 g/mol. The summed E-state index contributed by atoms with van der Waals surface area (Å²) in [5, 5.41) is 13.6. The Balaban J connectivity index is 0.000000152. The second-order valence-corrected chi connectivity index (χ2v) is 23.0. The van der Waals surface area contributed by atoms with E-state index in [0.29, 0.717) is 50.3 Å². The molecule has 1 N–H and O–H groups in total. The normalized spacial score (nSPS) is 15.0. The van der Waals surface area contributed by atoms with Crippen molar-refractivity contribution in [2.24, 2.45) is 0 Å². The SMILES string of the molecule is BrCCN1CC2(CC2)c2ccccc21.CCOC(=O)c1cccc(Sc2c(C)[nH]c3c(F)c(Cl)ccc23)c1F.Cc1c(Sc2cccc(C(=O)[O-])c2F)c2ccc(Cl)c(F)c2n1CCN1CC2(CC2)c2ccccc21.[Na+]. The molecule has 4 heterocycles. The van der Waals surface area contributed by atoms with E-state index in [1.165, 1.54) is 85.6 Å². The van der Waals surface area contributed by atoms with Crippen molar-refractivity contribution in [2.45, 2.75) is 83.4 Å². The number of nitrogens with zero attached hydrogens (tertiary/aromatic N) is 3. The van der Waals surface area contributed by atoms with Gasteiger partial charge in [0.05, 0.1) is 39.2 Å². The molecule has 8 aromatic rings. The number of aryl methyl sites for hydroxylation is 1. The van der Waals surface area contributed by atoms with E-state index in [-0.39, 0.29) is 72.5 Å². The molecule has 2 fully saturated rings. The number of hydrogen-bond acceptors (Lipinski definition) is 8. The first kappa shape index (κ1) is 56.2. The Bertz CT molecular complexity index is 3550. The third-order valence-electron chi connectivity index (χ3n) is 14.6. The van der Waals surface area contributed by atoms with Gasteiger partial charge in [-0.1, -0.05) is 117 Å². The van der Waals surface area contributed by atoms with E-state index in [4.69, 9.17) is 27.9 Å². The molecule has 0 amide bonds. The summed E-state index contributed by atoms with van der Waals surface area (Å²) in [5.41, 5.74) is 7.97. The summed E-state index contributed by atoms with van der Waals surface area (Å²) in [5.74, 6) is -4.87. The van der Waals surface area contributed by atoms with E-state index in [9.17, 15) is 27.9 Å². The smallest absolute Gasteiger partial charge is 0.545 e. The van der Waals surface area contributed by atoms with E-state index in [0.717, 1.165) is 47.6 Å². The second kappa shape index (κ2) is 23.0. The van der Waals surface area contributed by atoms with Gasteiger partial charge in [-0.25, -0.2) is 22.4 Å². The Morgan fingerprint density at radius 3 is 1.76 bits per heavy atom. The van der Waals surface area contributed by atoms with Crippen LogP contribution in [-0.4, -0.2) is 59.6 Å². The number of alkyl halides is 1. The van der Waals surface area contributed by atoms with Gasteiger partial charge in [-0.05, 0) is 112 Å². The van der Waals surface area contributed by atoms with Crippen molar-refractivity contribution < 1.29 is 66.6 Å². The summed E-state index contributed by atoms with van der Waals surface area (Å²) in [4.78, 5) is 32.7. The summed E-state index contributed by atoms with van der Waals surface area (Å²) in [6.45, 7) is 10.0. The van der Waals surface area contributed by atoms with Gasteiger partial charge < -0.3 is 34.0 Å². The van der Waals surface area contributed by atoms with Crippen LogP contribution in [0.5, 0.6) is 0 Å². The van der Waals surface area contributed by atoms with Crippen molar-refractivity contribution in [2.75, 3.05) is 47.9 Å². The van der Waals surface area contributed by atoms with Gasteiger partial charge in [-0.2, -0.15) is 0 Å². The zero-order valence-corrected chi connectivity index (χ0v) is 48.8. The van der Waals surface area contributed by atoms with Crippen LogP contribution in [0.1, 0.15) is 75.8 Å². The topological polar surface area (TPSA) is 93.6 Å². The number of aromatic amines is 1. The van der Waals surface area contributed by atoms with E-state index in [2.05, 4.69) is 73.2 Å². The number of carbonyl (C=O) groups excluding carboxylic acids is 2. The number of H-pyrrole nitrogens is 1. The molecule has 388 valence electrons. The molecule has 0 saturated heterocycles. The number of nitrogens with one attached hydrogen (secondary N) is 1. The molecule has 76 heavy (non-hydrogen) atoms. The first-order valence-corrected chi connectivity index (χ1v) is 28.1. The number of aromatic nitrogens is 2. The minimum atomic E-state index is -1.58. The quantitative estimate of drug-likeness (QED) is 0.0560. The van der Waals surface area contributed by atoms with Crippen molar-refractivity contribution in [3.63, 3.8) is 0 Å². The number of rotatable bonds is 12. The minimum Gasteiger partial charge on any atom is -0.545 e. The minimum absolute atomic E-state index is 0. The molecule has 0 atom stereocenters. The van der Waals surface area contributed by atoms with Crippen LogP contribution in [-0.2, 0) is 22.1 Å². The maximum absolute atomic E-state index is 15.4. The van der Waals surface area contributed by atoms with E-state index >= 15 is 4.39 Å². The Labute approximate surface area is 487 Å². The predicted octanol–water partition coefficient (Wildman–Crippen LogP) is 11.6.